The van der Waals surface area contributed by atoms with Crippen LogP contribution in [0.1, 0.15) is 23.9 Å². The van der Waals surface area contributed by atoms with Crippen molar-refractivity contribution in [2.75, 3.05) is 19.8 Å². The average molecular weight is 465 g/mol. The second-order valence-electron chi connectivity index (χ2n) is 8.15. The van der Waals surface area contributed by atoms with E-state index in [2.05, 4.69) is 15.4 Å². The van der Waals surface area contributed by atoms with Gasteiger partial charge in [-0.05, 0) is 37.2 Å². The van der Waals surface area contributed by atoms with Crippen molar-refractivity contribution in [3.63, 3.8) is 0 Å². The smallest absolute Gasteiger partial charge is 0.441 e. The van der Waals surface area contributed by atoms with Gasteiger partial charge >= 0.3 is 5.76 Å². The van der Waals surface area contributed by atoms with Crippen LogP contribution in [0.2, 0.25) is 0 Å². The van der Waals surface area contributed by atoms with Crippen LogP contribution in [0.5, 0.6) is 11.5 Å². The second kappa shape index (κ2) is 8.10. The number of fused-ring (bicyclic) bond motifs is 1. The minimum Gasteiger partial charge on any atom is -0.486 e. The predicted molar refractivity (Wildman–Crippen MR) is 118 cm³/mol. The summed E-state index contributed by atoms with van der Waals surface area (Å²) in [5, 5.41) is 7.59. The van der Waals surface area contributed by atoms with E-state index in [0.29, 0.717) is 78.8 Å². The van der Waals surface area contributed by atoms with Crippen LogP contribution >= 0.6 is 0 Å². The molecule has 11 heteroatoms. The average Bonchev–Trinajstić information content (AvgIpc) is 3.42. The number of hydrogen-bond donors (Lipinski definition) is 1. The van der Waals surface area contributed by atoms with Crippen LogP contribution in [-0.2, 0) is 13.0 Å². The fourth-order valence-corrected chi connectivity index (χ4v) is 4.48. The number of halogens is 1. The molecule has 0 bridgehead atoms. The normalized spacial score (nSPS) is 16.3. The van der Waals surface area contributed by atoms with Crippen LogP contribution in [0.15, 0.2) is 50.5 Å². The first kappa shape index (κ1) is 20.6. The summed E-state index contributed by atoms with van der Waals surface area (Å²) >= 11 is 0. The molecule has 2 aromatic heterocycles. The van der Waals surface area contributed by atoms with E-state index < -0.39 is 5.76 Å². The fourth-order valence-electron chi connectivity index (χ4n) is 4.48. The van der Waals surface area contributed by atoms with Crippen molar-refractivity contribution >= 4 is 11.0 Å². The lowest BCUT2D eigenvalue weighted by atomic mass is 10.1. The minimum atomic E-state index is -0.591. The standard InChI is InChI=1S/C23H20FN5O5/c24-14-4-5-15-22-21(14)16(12-28(22)20(30)11-26-15)25-7-1-2-19-27-29(23(31)34-19)13-3-6-17-18(10-13)33-9-8-32-17/h3-6,10-11,16,25H,1-2,7-9,12H2/t16-/m0/s1. The number of ether oxygens (including phenoxy) is 2. The van der Waals surface area contributed by atoms with Crippen LogP contribution < -0.4 is 26.1 Å². The largest absolute Gasteiger partial charge is 0.486 e. The van der Waals surface area contributed by atoms with Gasteiger partial charge in [0.15, 0.2) is 11.5 Å². The highest BCUT2D eigenvalue weighted by atomic mass is 19.1. The summed E-state index contributed by atoms with van der Waals surface area (Å²) in [6.45, 7) is 1.77. The van der Waals surface area contributed by atoms with Gasteiger partial charge in [0.2, 0.25) is 5.89 Å². The summed E-state index contributed by atoms with van der Waals surface area (Å²) in [5.41, 5.74) is 1.85. The van der Waals surface area contributed by atoms with Gasteiger partial charge in [-0.1, -0.05) is 0 Å². The molecule has 0 fully saturated rings. The number of aromatic nitrogens is 4. The maximum absolute atomic E-state index is 14.6. The molecule has 34 heavy (non-hydrogen) atoms. The molecule has 0 unspecified atom stereocenters. The molecule has 1 atom stereocenters. The molecule has 0 radical (unpaired) electrons. The Morgan fingerprint density at radius 1 is 1.12 bits per heavy atom. The molecule has 1 N–H and O–H groups in total. The quantitative estimate of drug-likeness (QED) is 0.429. The van der Waals surface area contributed by atoms with E-state index in [0.717, 1.165) is 0 Å². The van der Waals surface area contributed by atoms with Gasteiger partial charge < -0.3 is 23.8 Å². The molecule has 10 nitrogen and oxygen atoms in total. The molecule has 2 aliphatic heterocycles. The Balaban J connectivity index is 1.12. The van der Waals surface area contributed by atoms with E-state index in [1.165, 1.54) is 16.9 Å². The summed E-state index contributed by atoms with van der Waals surface area (Å²) in [4.78, 5) is 28.6. The van der Waals surface area contributed by atoms with E-state index in [1.807, 2.05) is 0 Å². The summed E-state index contributed by atoms with van der Waals surface area (Å²) in [7, 11) is 0. The maximum atomic E-state index is 14.6. The van der Waals surface area contributed by atoms with Crippen LogP contribution in [0.25, 0.3) is 16.7 Å². The highest BCUT2D eigenvalue weighted by Crippen LogP contribution is 2.33. The van der Waals surface area contributed by atoms with E-state index in [9.17, 15) is 14.0 Å². The van der Waals surface area contributed by atoms with Gasteiger partial charge in [-0.3, -0.25) is 4.79 Å². The van der Waals surface area contributed by atoms with Gasteiger partial charge in [-0.25, -0.2) is 14.2 Å². The molecule has 0 spiro atoms. The van der Waals surface area contributed by atoms with E-state index in [1.54, 1.807) is 28.8 Å². The Kier molecular flexibility index (Phi) is 4.91. The van der Waals surface area contributed by atoms with Crippen molar-refractivity contribution in [1.82, 2.24) is 24.6 Å². The van der Waals surface area contributed by atoms with Crippen molar-refractivity contribution in [3.8, 4) is 17.2 Å². The number of aryl methyl sites for hydroxylation is 1. The molecule has 0 aliphatic carbocycles. The highest BCUT2D eigenvalue weighted by molar-refractivity contribution is 5.80. The lowest BCUT2D eigenvalue weighted by molar-refractivity contribution is 0.171. The third kappa shape index (κ3) is 3.45. The van der Waals surface area contributed by atoms with Gasteiger partial charge in [-0.15, -0.1) is 5.10 Å². The summed E-state index contributed by atoms with van der Waals surface area (Å²) in [6, 6.07) is 7.74. The van der Waals surface area contributed by atoms with Crippen molar-refractivity contribution in [2.24, 2.45) is 0 Å². The Morgan fingerprint density at radius 2 is 1.97 bits per heavy atom. The third-order valence-corrected chi connectivity index (χ3v) is 6.02. The van der Waals surface area contributed by atoms with Gasteiger partial charge in [0.25, 0.3) is 5.56 Å². The topological polar surface area (TPSA) is 113 Å². The summed E-state index contributed by atoms with van der Waals surface area (Å²) in [6.07, 6.45) is 2.26. The molecular weight excluding hydrogens is 445 g/mol. The second-order valence-corrected chi connectivity index (χ2v) is 8.15. The molecule has 0 saturated heterocycles. The number of nitrogens with zero attached hydrogens (tertiary/aromatic N) is 4. The minimum absolute atomic E-state index is 0.255. The Hall–Kier alpha value is -3.99. The molecule has 2 aliphatic rings. The first-order valence-electron chi connectivity index (χ1n) is 11.0. The van der Waals surface area contributed by atoms with Crippen molar-refractivity contribution in [3.05, 3.63) is 74.7 Å². The third-order valence-electron chi connectivity index (χ3n) is 6.02. The van der Waals surface area contributed by atoms with Gasteiger partial charge in [0.1, 0.15) is 19.0 Å². The maximum Gasteiger partial charge on any atom is 0.441 e. The van der Waals surface area contributed by atoms with E-state index in [4.69, 9.17) is 13.9 Å². The van der Waals surface area contributed by atoms with Crippen LogP contribution in [0.3, 0.4) is 0 Å². The molecule has 0 saturated carbocycles. The van der Waals surface area contributed by atoms with Crippen LogP contribution in [0, 0.1) is 5.82 Å². The summed E-state index contributed by atoms with van der Waals surface area (Å²) < 4.78 is 33.7. The zero-order chi connectivity index (χ0) is 23.2. The van der Waals surface area contributed by atoms with Crippen LogP contribution in [0.4, 0.5) is 4.39 Å². The molecular formula is C23H20FN5O5. The molecule has 2 aromatic carbocycles. The molecule has 4 heterocycles. The van der Waals surface area contributed by atoms with Crippen LogP contribution in [-0.4, -0.2) is 39.1 Å². The van der Waals surface area contributed by atoms with Gasteiger partial charge in [-0.2, -0.15) is 4.68 Å². The lowest BCUT2D eigenvalue weighted by Crippen LogP contribution is -2.26. The van der Waals surface area contributed by atoms with Crippen molar-refractivity contribution < 1.29 is 18.3 Å². The lowest BCUT2D eigenvalue weighted by Gasteiger charge is -2.18. The molecule has 6 rings (SSSR count). The number of rotatable bonds is 6. The van der Waals surface area contributed by atoms with Gasteiger partial charge in [0.05, 0.1) is 29.0 Å². The molecule has 4 aromatic rings. The number of nitrogens with one attached hydrogen (secondary N) is 1. The van der Waals surface area contributed by atoms with Crippen molar-refractivity contribution in [1.29, 1.82) is 0 Å². The predicted octanol–water partition coefficient (Wildman–Crippen LogP) is 1.72. The zero-order valence-corrected chi connectivity index (χ0v) is 18.0. The molecule has 174 valence electrons. The number of hydrogen-bond acceptors (Lipinski definition) is 8. The Labute approximate surface area is 191 Å². The highest BCUT2D eigenvalue weighted by Gasteiger charge is 2.28. The fraction of sp³-hybridized carbons (Fsp3) is 0.304. The number of benzene rings is 2. The van der Waals surface area contributed by atoms with E-state index in [-0.39, 0.29) is 17.4 Å². The van der Waals surface area contributed by atoms with E-state index >= 15 is 0 Å². The first-order valence-corrected chi connectivity index (χ1v) is 11.0. The summed E-state index contributed by atoms with van der Waals surface area (Å²) in [5.74, 6) is 0.514. The first-order chi connectivity index (χ1) is 16.6. The van der Waals surface area contributed by atoms with Gasteiger partial charge in [0, 0.05) is 24.6 Å². The SMILES string of the molecule is O=c1oc(CCCN[C@H]2Cn3c(=O)cnc4ccc(F)c2c43)nn1-c1ccc2c(c1)OCCO2. The van der Waals surface area contributed by atoms with Crippen molar-refractivity contribution in [2.45, 2.75) is 25.4 Å². The zero-order valence-electron chi connectivity index (χ0n) is 18.0. The Morgan fingerprint density at radius 3 is 2.85 bits per heavy atom. The molecule has 0 amide bonds. The Bertz CT molecular complexity index is 1520. The monoisotopic (exact) mass is 465 g/mol.